The van der Waals surface area contributed by atoms with E-state index in [4.69, 9.17) is 4.74 Å². The first-order chi connectivity index (χ1) is 13.5. The molecule has 0 saturated heterocycles. The standard InChI is InChI=1S/C21H20N4O3/c1-14(26)23-16-3-5-18(6-4-16)25-21(27)15-11-12-22-20(13-15)24-17-7-9-19(28-2)10-8-17/h3-13H,1-2H3,(H,22,24)(H,23,26)(H,25,27). The number of carbonyl (C=O) groups excluding carboxylic acids is 2. The predicted octanol–water partition coefficient (Wildman–Crippen LogP) is 4.04. The lowest BCUT2D eigenvalue weighted by atomic mass is 10.2. The zero-order valence-electron chi connectivity index (χ0n) is 15.5. The maximum Gasteiger partial charge on any atom is 0.255 e. The summed E-state index contributed by atoms with van der Waals surface area (Å²) >= 11 is 0. The fraction of sp³-hybridized carbons (Fsp3) is 0.0952. The second-order valence-electron chi connectivity index (χ2n) is 6.00. The van der Waals surface area contributed by atoms with Gasteiger partial charge < -0.3 is 20.7 Å². The molecule has 0 bridgehead atoms. The Kier molecular flexibility index (Phi) is 5.86. The molecule has 0 radical (unpaired) electrons. The summed E-state index contributed by atoms with van der Waals surface area (Å²) in [5.74, 6) is 0.910. The molecular formula is C21H20N4O3. The molecule has 0 saturated carbocycles. The summed E-state index contributed by atoms with van der Waals surface area (Å²) in [5.41, 5.74) is 2.59. The van der Waals surface area contributed by atoms with E-state index in [-0.39, 0.29) is 11.8 Å². The van der Waals surface area contributed by atoms with Crippen molar-refractivity contribution in [2.45, 2.75) is 6.92 Å². The number of benzene rings is 2. The number of aromatic nitrogens is 1. The van der Waals surface area contributed by atoms with E-state index in [9.17, 15) is 9.59 Å². The third-order valence-electron chi connectivity index (χ3n) is 3.85. The Labute approximate surface area is 162 Å². The van der Waals surface area contributed by atoms with Crippen LogP contribution in [0.25, 0.3) is 0 Å². The monoisotopic (exact) mass is 376 g/mol. The van der Waals surface area contributed by atoms with E-state index in [2.05, 4.69) is 20.9 Å². The van der Waals surface area contributed by atoms with Crippen molar-refractivity contribution < 1.29 is 14.3 Å². The second-order valence-corrected chi connectivity index (χ2v) is 6.00. The fourth-order valence-electron chi connectivity index (χ4n) is 2.51. The first kappa shape index (κ1) is 18.9. The lowest BCUT2D eigenvalue weighted by Crippen LogP contribution is -2.12. The molecule has 1 heterocycles. The molecule has 0 aliphatic rings. The van der Waals surface area contributed by atoms with Gasteiger partial charge in [-0.05, 0) is 60.7 Å². The Bertz CT molecular complexity index is 970. The van der Waals surface area contributed by atoms with Gasteiger partial charge in [-0.15, -0.1) is 0 Å². The normalized spacial score (nSPS) is 10.1. The van der Waals surface area contributed by atoms with Crippen molar-refractivity contribution in [3.63, 3.8) is 0 Å². The third-order valence-corrected chi connectivity index (χ3v) is 3.85. The molecule has 0 unspecified atom stereocenters. The Morgan fingerprint density at radius 1 is 0.857 bits per heavy atom. The Balaban J connectivity index is 1.66. The summed E-state index contributed by atoms with van der Waals surface area (Å²) in [4.78, 5) is 27.8. The molecule has 3 aromatic rings. The van der Waals surface area contributed by atoms with Crippen LogP contribution in [0.5, 0.6) is 5.75 Å². The first-order valence-corrected chi connectivity index (χ1v) is 8.59. The van der Waals surface area contributed by atoms with Gasteiger partial charge in [0.25, 0.3) is 5.91 Å². The maximum absolute atomic E-state index is 12.5. The summed E-state index contributed by atoms with van der Waals surface area (Å²) in [7, 11) is 1.61. The average molecular weight is 376 g/mol. The van der Waals surface area contributed by atoms with E-state index in [0.717, 1.165) is 11.4 Å². The SMILES string of the molecule is COc1ccc(Nc2cc(C(=O)Nc3ccc(NC(C)=O)cc3)ccn2)cc1. The Morgan fingerprint density at radius 2 is 1.46 bits per heavy atom. The highest BCUT2D eigenvalue weighted by Crippen LogP contribution is 2.20. The molecule has 2 amide bonds. The van der Waals surface area contributed by atoms with E-state index in [1.165, 1.54) is 6.92 Å². The molecule has 0 aliphatic heterocycles. The van der Waals surface area contributed by atoms with Gasteiger partial charge in [-0.2, -0.15) is 0 Å². The van der Waals surface area contributed by atoms with Gasteiger partial charge >= 0.3 is 0 Å². The van der Waals surface area contributed by atoms with Crippen molar-refractivity contribution in [3.05, 3.63) is 72.4 Å². The molecule has 142 valence electrons. The zero-order valence-corrected chi connectivity index (χ0v) is 15.5. The van der Waals surface area contributed by atoms with Crippen LogP contribution in [-0.2, 0) is 4.79 Å². The fourth-order valence-corrected chi connectivity index (χ4v) is 2.51. The van der Waals surface area contributed by atoms with E-state index >= 15 is 0 Å². The topological polar surface area (TPSA) is 92.4 Å². The zero-order chi connectivity index (χ0) is 19.9. The number of carbonyl (C=O) groups is 2. The number of hydrogen-bond donors (Lipinski definition) is 3. The molecular weight excluding hydrogens is 356 g/mol. The number of pyridine rings is 1. The van der Waals surface area contributed by atoms with Gasteiger partial charge in [0.05, 0.1) is 7.11 Å². The van der Waals surface area contributed by atoms with Crippen LogP contribution < -0.4 is 20.7 Å². The van der Waals surface area contributed by atoms with Gasteiger partial charge in [0.1, 0.15) is 11.6 Å². The van der Waals surface area contributed by atoms with Crippen molar-refractivity contribution in [1.82, 2.24) is 4.98 Å². The van der Waals surface area contributed by atoms with Crippen molar-refractivity contribution in [2.24, 2.45) is 0 Å². The predicted molar refractivity (Wildman–Crippen MR) is 109 cm³/mol. The number of anilines is 4. The van der Waals surface area contributed by atoms with E-state index in [0.29, 0.717) is 22.8 Å². The summed E-state index contributed by atoms with van der Waals surface area (Å²) in [5, 5.41) is 8.65. The third kappa shape index (κ3) is 5.07. The molecule has 7 nitrogen and oxygen atoms in total. The van der Waals surface area contributed by atoms with Gasteiger partial charge in [-0.25, -0.2) is 4.98 Å². The van der Waals surface area contributed by atoms with E-state index in [1.807, 2.05) is 24.3 Å². The Hall–Kier alpha value is -3.87. The van der Waals surface area contributed by atoms with Crippen LogP contribution in [0.2, 0.25) is 0 Å². The number of rotatable bonds is 6. The molecule has 0 spiro atoms. The quantitative estimate of drug-likeness (QED) is 0.604. The maximum atomic E-state index is 12.5. The minimum absolute atomic E-state index is 0.148. The molecule has 3 N–H and O–H groups in total. The lowest BCUT2D eigenvalue weighted by molar-refractivity contribution is -0.114. The molecule has 3 rings (SSSR count). The highest BCUT2D eigenvalue weighted by Gasteiger charge is 2.08. The number of nitrogens with zero attached hydrogens (tertiary/aromatic N) is 1. The largest absolute Gasteiger partial charge is 0.497 e. The molecule has 28 heavy (non-hydrogen) atoms. The highest BCUT2D eigenvalue weighted by molar-refractivity contribution is 6.04. The number of hydrogen-bond acceptors (Lipinski definition) is 5. The summed E-state index contributed by atoms with van der Waals surface area (Å²) < 4.78 is 5.14. The van der Waals surface area contributed by atoms with Crippen molar-refractivity contribution in [3.8, 4) is 5.75 Å². The van der Waals surface area contributed by atoms with Crippen LogP contribution in [0.1, 0.15) is 17.3 Å². The number of amides is 2. The summed E-state index contributed by atoms with van der Waals surface area (Å²) in [6.07, 6.45) is 1.57. The van der Waals surface area contributed by atoms with Gasteiger partial charge in [0.15, 0.2) is 0 Å². The van der Waals surface area contributed by atoms with Crippen molar-refractivity contribution in [1.29, 1.82) is 0 Å². The van der Waals surface area contributed by atoms with Crippen molar-refractivity contribution >= 4 is 34.7 Å². The van der Waals surface area contributed by atoms with E-state index < -0.39 is 0 Å². The molecule has 1 aromatic heterocycles. The Morgan fingerprint density at radius 3 is 2.07 bits per heavy atom. The van der Waals surface area contributed by atoms with Crippen LogP contribution in [0.15, 0.2) is 66.9 Å². The van der Waals surface area contributed by atoms with Crippen LogP contribution in [-0.4, -0.2) is 23.9 Å². The average Bonchev–Trinajstić information content (AvgIpc) is 2.70. The molecule has 2 aromatic carbocycles. The highest BCUT2D eigenvalue weighted by atomic mass is 16.5. The van der Waals surface area contributed by atoms with Crippen LogP contribution in [0.3, 0.4) is 0 Å². The first-order valence-electron chi connectivity index (χ1n) is 8.59. The van der Waals surface area contributed by atoms with Gasteiger partial charge in [0.2, 0.25) is 5.91 Å². The van der Waals surface area contributed by atoms with Crippen LogP contribution >= 0.6 is 0 Å². The number of ether oxygens (including phenoxy) is 1. The minimum Gasteiger partial charge on any atom is -0.497 e. The second kappa shape index (κ2) is 8.68. The number of nitrogens with one attached hydrogen (secondary N) is 3. The van der Waals surface area contributed by atoms with Crippen LogP contribution in [0, 0.1) is 0 Å². The van der Waals surface area contributed by atoms with Crippen LogP contribution in [0.4, 0.5) is 22.9 Å². The summed E-state index contributed by atoms with van der Waals surface area (Å²) in [6.45, 7) is 1.44. The summed E-state index contributed by atoms with van der Waals surface area (Å²) in [6, 6.07) is 17.6. The van der Waals surface area contributed by atoms with Crippen molar-refractivity contribution in [2.75, 3.05) is 23.1 Å². The minimum atomic E-state index is -0.257. The lowest BCUT2D eigenvalue weighted by Gasteiger charge is -2.09. The van der Waals surface area contributed by atoms with Gasteiger partial charge in [0, 0.05) is 35.7 Å². The van der Waals surface area contributed by atoms with Gasteiger partial charge in [-0.3, -0.25) is 9.59 Å². The smallest absolute Gasteiger partial charge is 0.255 e. The molecule has 0 fully saturated rings. The molecule has 7 heteroatoms. The van der Waals surface area contributed by atoms with Gasteiger partial charge in [-0.1, -0.05) is 0 Å². The molecule has 0 atom stereocenters. The number of methoxy groups -OCH3 is 1. The van der Waals surface area contributed by atoms with E-state index in [1.54, 1.807) is 49.7 Å². The molecule has 0 aliphatic carbocycles.